The van der Waals surface area contributed by atoms with Gasteiger partial charge in [0.2, 0.25) is 0 Å². The highest BCUT2D eigenvalue weighted by molar-refractivity contribution is 9.10. The Bertz CT molecular complexity index is 732. The Labute approximate surface area is 132 Å². The molecule has 4 heteroatoms. The van der Waals surface area contributed by atoms with Gasteiger partial charge < -0.3 is 5.32 Å². The number of carbonyl (C=O) groups is 1. The van der Waals surface area contributed by atoms with Crippen molar-refractivity contribution in [2.45, 2.75) is 20.4 Å². The van der Waals surface area contributed by atoms with Gasteiger partial charge in [-0.05, 0) is 55.3 Å². The van der Waals surface area contributed by atoms with Crippen LogP contribution in [-0.2, 0) is 6.54 Å². The fraction of sp³-hybridized carbons (Fsp3) is 0.176. The van der Waals surface area contributed by atoms with Gasteiger partial charge >= 0.3 is 0 Å². The predicted octanol–water partition coefficient (Wildman–Crippen LogP) is 4.44. The number of rotatable bonds is 4. The van der Waals surface area contributed by atoms with E-state index in [9.17, 15) is 4.79 Å². The second-order valence-electron chi connectivity index (χ2n) is 4.85. The zero-order chi connectivity index (χ0) is 15.4. The number of benzene rings is 2. The van der Waals surface area contributed by atoms with Crippen molar-refractivity contribution in [2.75, 3.05) is 5.32 Å². The molecule has 0 aliphatic rings. The first kappa shape index (κ1) is 15.3. The number of Topliss-reactive ketones (excluding diaryl/α,β-unsaturated/α-hetero) is 1. The van der Waals surface area contributed by atoms with Crippen LogP contribution in [0.4, 0.5) is 5.69 Å². The van der Waals surface area contributed by atoms with Crippen LogP contribution in [0.3, 0.4) is 0 Å². The molecule has 0 aliphatic heterocycles. The lowest BCUT2D eigenvalue weighted by molar-refractivity contribution is 0.101. The molecule has 2 rings (SSSR count). The van der Waals surface area contributed by atoms with Gasteiger partial charge in [0, 0.05) is 16.6 Å². The summed E-state index contributed by atoms with van der Waals surface area (Å²) in [5, 5.41) is 12.4. The quantitative estimate of drug-likeness (QED) is 0.835. The smallest absolute Gasteiger partial charge is 0.159 e. The number of nitriles is 1. The van der Waals surface area contributed by atoms with Gasteiger partial charge in [0.15, 0.2) is 5.78 Å². The van der Waals surface area contributed by atoms with Crippen LogP contribution in [0.1, 0.15) is 34.0 Å². The number of hydrogen-bond acceptors (Lipinski definition) is 3. The molecule has 0 radical (unpaired) electrons. The van der Waals surface area contributed by atoms with Crippen molar-refractivity contribution in [3.63, 3.8) is 0 Å². The normalized spacial score (nSPS) is 10.0. The minimum Gasteiger partial charge on any atom is -0.380 e. The standard InChI is InChI=1S/C17H15BrN2O/c1-11-7-16(18)6-5-15(11)10-20-17-8-13(12(2)21)3-4-14(17)9-19/h3-8,20H,10H2,1-2H3. The third-order valence-corrected chi connectivity index (χ3v) is 3.81. The molecule has 0 bridgehead atoms. The molecule has 0 unspecified atom stereocenters. The van der Waals surface area contributed by atoms with Crippen molar-refractivity contribution in [2.24, 2.45) is 0 Å². The van der Waals surface area contributed by atoms with Gasteiger partial charge in [-0.1, -0.05) is 22.0 Å². The number of carbonyl (C=O) groups excluding carboxylic acids is 1. The Morgan fingerprint density at radius 2 is 2.05 bits per heavy atom. The molecule has 0 atom stereocenters. The molecule has 2 aromatic rings. The molecular formula is C17H15BrN2O. The lowest BCUT2D eigenvalue weighted by Gasteiger charge is -2.11. The summed E-state index contributed by atoms with van der Waals surface area (Å²) in [6, 6.07) is 13.3. The van der Waals surface area contributed by atoms with Gasteiger partial charge in [0.25, 0.3) is 0 Å². The van der Waals surface area contributed by atoms with Crippen LogP contribution >= 0.6 is 15.9 Å². The van der Waals surface area contributed by atoms with Crippen LogP contribution in [0, 0.1) is 18.3 Å². The monoisotopic (exact) mass is 342 g/mol. The van der Waals surface area contributed by atoms with E-state index in [1.165, 1.54) is 6.92 Å². The Balaban J connectivity index is 2.24. The molecule has 0 aromatic heterocycles. The molecule has 0 saturated heterocycles. The predicted molar refractivity (Wildman–Crippen MR) is 87.4 cm³/mol. The summed E-state index contributed by atoms with van der Waals surface area (Å²) in [5.41, 5.74) is 4.14. The average Bonchev–Trinajstić information content (AvgIpc) is 2.46. The summed E-state index contributed by atoms with van der Waals surface area (Å²) >= 11 is 3.44. The Morgan fingerprint density at radius 1 is 1.29 bits per heavy atom. The second kappa shape index (κ2) is 6.55. The largest absolute Gasteiger partial charge is 0.380 e. The van der Waals surface area contributed by atoms with Crippen LogP contribution < -0.4 is 5.32 Å². The van der Waals surface area contributed by atoms with Crippen LogP contribution in [0.2, 0.25) is 0 Å². The average molecular weight is 343 g/mol. The zero-order valence-electron chi connectivity index (χ0n) is 11.9. The van der Waals surface area contributed by atoms with Crippen molar-refractivity contribution in [3.05, 3.63) is 63.1 Å². The van der Waals surface area contributed by atoms with Crippen LogP contribution in [0.25, 0.3) is 0 Å². The van der Waals surface area contributed by atoms with Crippen LogP contribution in [0.5, 0.6) is 0 Å². The number of nitrogens with zero attached hydrogens (tertiary/aromatic N) is 1. The minimum atomic E-state index is -0.0117. The zero-order valence-corrected chi connectivity index (χ0v) is 13.5. The number of anilines is 1. The fourth-order valence-electron chi connectivity index (χ4n) is 2.06. The molecular weight excluding hydrogens is 328 g/mol. The highest BCUT2D eigenvalue weighted by Crippen LogP contribution is 2.21. The van der Waals surface area contributed by atoms with E-state index in [0.29, 0.717) is 23.4 Å². The molecule has 0 aliphatic carbocycles. The van der Waals surface area contributed by atoms with E-state index < -0.39 is 0 Å². The van der Waals surface area contributed by atoms with Crippen molar-refractivity contribution >= 4 is 27.4 Å². The maximum Gasteiger partial charge on any atom is 0.159 e. The molecule has 3 nitrogen and oxygen atoms in total. The first-order valence-electron chi connectivity index (χ1n) is 6.55. The van der Waals surface area contributed by atoms with E-state index in [0.717, 1.165) is 15.6 Å². The molecule has 106 valence electrons. The summed E-state index contributed by atoms with van der Waals surface area (Å²) in [5.74, 6) is -0.0117. The third-order valence-electron chi connectivity index (χ3n) is 3.32. The van der Waals surface area contributed by atoms with E-state index >= 15 is 0 Å². The number of ketones is 1. The molecule has 0 saturated carbocycles. The molecule has 0 spiro atoms. The number of hydrogen-bond donors (Lipinski definition) is 1. The van der Waals surface area contributed by atoms with Gasteiger partial charge in [-0.2, -0.15) is 5.26 Å². The first-order valence-corrected chi connectivity index (χ1v) is 7.34. The Kier molecular flexibility index (Phi) is 4.77. The van der Waals surface area contributed by atoms with Gasteiger partial charge in [0.05, 0.1) is 11.3 Å². The highest BCUT2D eigenvalue weighted by Gasteiger charge is 2.07. The van der Waals surface area contributed by atoms with E-state index in [4.69, 9.17) is 5.26 Å². The van der Waals surface area contributed by atoms with Gasteiger partial charge in [-0.3, -0.25) is 4.79 Å². The van der Waals surface area contributed by atoms with Crippen molar-refractivity contribution in [1.82, 2.24) is 0 Å². The SMILES string of the molecule is CC(=O)c1ccc(C#N)c(NCc2ccc(Br)cc2C)c1. The maximum absolute atomic E-state index is 11.4. The summed E-state index contributed by atoms with van der Waals surface area (Å²) < 4.78 is 1.04. The molecule has 2 aromatic carbocycles. The Hall–Kier alpha value is -2.12. The summed E-state index contributed by atoms with van der Waals surface area (Å²) in [4.78, 5) is 11.4. The second-order valence-corrected chi connectivity index (χ2v) is 5.77. The topological polar surface area (TPSA) is 52.9 Å². The Morgan fingerprint density at radius 3 is 2.67 bits per heavy atom. The van der Waals surface area contributed by atoms with E-state index in [-0.39, 0.29) is 5.78 Å². The fourth-order valence-corrected chi connectivity index (χ4v) is 2.53. The molecule has 0 heterocycles. The van der Waals surface area contributed by atoms with Gasteiger partial charge in [0.1, 0.15) is 6.07 Å². The summed E-state index contributed by atoms with van der Waals surface area (Å²) in [6.45, 7) is 4.16. The van der Waals surface area contributed by atoms with E-state index in [1.807, 2.05) is 25.1 Å². The number of aryl methyl sites for hydroxylation is 1. The number of halogens is 1. The molecule has 0 fully saturated rings. The summed E-state index contributed by atoms with van der Waals surface area (Å²) in [7, 11) is 0. The van der Waals surface area contributed by atoms with E-state index in [1.54, 1.807) is 18.2 Å². The lowest BCUT2D eigenvalue weighted by atomic mass is 10.1. The van der Waals surface area contributed by atoms with Gasteiger partial charge in [-0.15, -0.1) is 0 Å². The highest BCUT2D eigenvalue weighted by atomic mass is 79.9. The van der Waals surface area contributed by atoms with E-state index in [2.05, 4.69) is 27.3 Å². The first-order chi connectivity index (χ1) is 10.0. The van der Waals surface area contributed by atoms with Crippen molar-refractivity contribution in [3.8, 4) is 6.07 Å². The van der Waals surface area contributed by atoms with Crippen LogP contribution in [0.15, 0.2) is 40.9 Å². The maximum atomic E-state index is 11.4. The lowest BCUT2D eigenvalue weighted by Crippen LogP contribution is -2.04. The molecule has 21 heavy (non-hydrogen) atoms. The minimum absolute atomic E-state index is 0.0117. The van der Waals surface area contributed by atoms with Crippen molar-refractivity contribution in [1.29, 1.82) is 5.26 Å². The van der Waals surface area contributed by atoms with Crippen LogP contribution in [-0.4, -0.2) is 5.78 Å². The van der Waals surface area contributed by atoms with Gasteiger partial charge in [-0.25, -0.2) is 0 Å². The summed E-state index contributed by atoms with van der Waals surface area (Å²) in [6.07, 6.45) is 0. The molecule has 1 N–H and O–H groups in total. The number of nitrogens with one attached hydrogen (secondary N) is 1. The molecule has 0 amide bonds. The van der Waals surface area contributed by atoms with Crippen molar-refractivity contribution < 1.29 is 4.79 Å². The third kappa shape index (κ3) is 3.71.